The molecule has 0 saturated heterocycles. The minimum Gasteiger partial charge on any atom is -0.310 e. The fourth-order valence-corrected chi connectivity index (χ4v) is 13.1. The van der Waals surface area contributed by atoms with Gasteiger partial charge in [-0.25, -0.2) is 0 Å². The van der Waals surface area contributed by atoms with Gasteiger partial charge in [-0.3, -0.25) is 0 Å². The number of benzene rings is 7. The molecule has 2 heterocycles. The molecule has 2 atom stereocenters. The van der Waals surface area contributed by atoms with Crippen LogP contribution in [-0.4, -0.2) is 4.57 Å². The molecule has 4 aliphatic carbocycles. The summed E-state index contributed by atoms with van der Waals surface area (Å²) in [5, 5.41) is 4.11. The summed E-state index contributed by atoms with van der Waals surface area (Å²) in [5.41, 5.74) is 20.2. The average Bonchev–Trinajstić information content (AvgIpc) is 3.96. The maximum Gasteiger partial charge on any atom is 0.0726 e. The van der Waals surface area contributed by atoms with Crippen molar-refractivity contribution < 1.29 is 0 Å². The predicted molar refractivity (Wildman–Crippen MR) is 231 cm³/mol. The number of hydrogen-bond acceptors (Lipinski definition) is 1. The Hall–Kier alpha value is -5.96. The first-order valence-electron chi connectivity index (χ1n) is 19.6. The van der Waals surface area contributed by atoms with Gasteiger partial charge in [-0.15, -0.1) is 11.3 Å². The van der Waals surface area contributed by atoms with E-state index in [1.54, 1.807) is 0 Å². The number of rotatable bonds is 1. The first kappa shape index (κ1) is 30.4. The molecule has 7 aromatic carbocycles. The number of thiophene rings is 1. The van der Waals surface area contributed by atoms with Gasteiger partial charge >= 0.3 is 0 Å². The Labute approximate surface area is 324 Å². The average molecular weight is 720 g/mol. The molecule has 2 aromatic heterocycles. The normalized spacial score (nSPS) is 20.6. The van der Waals surface area contributed by atoms with E-state index in [0.717, 1.165) is 6.42 Å². The summed E-state index contributed by atoms with van der Waals surface area (Å²) in [7, 11) is 0. The molecule has 0 N–H and O–H groups in total. The van der Waals surface area contributed by atoms with Crippen LogP contribution in [0.15, 0.2) is 157 Å². The lowest BCUT2D eigenvalue weighted by atomic mass is 9.68. The van der Waals surface area contributed by atoms with E-state index >= 15 is 0 Å². The Morgan fingerprint density at radius 1 is 0.527 bits per heavy atom. The maximum absolute atomic E-state index is 2.59. The molecule has 1 spiro atoms. The van der Waals surface area contributed by atoms with Crippen LogP contribution in [0.25, 0.3) is 65.1 Å². The zero-order valence-electron chi connectivity index (χ0n) is 31.1. The van der Waals surface area contributed by atoms with Crippen molar-refractivity contribution in [1.82, 2.24) is 4.57 Å². The summed E-state index contributed by atoms with van der Waals surface area (Å²) in [6.07, 6.45) is 3.57. The van der Waals surface area contributed by atoms with Crippen LogP contribution < -0.4 is 0 Å². The van der Waals surface area contributed by atoms with Crippen molar-refractivity contribution in [1.29, 1.82) is 0 Å². The van der Waals surface area contributed by atoms with Crippen LogP contribution in [0.5, 0.6) is 0 Å². The third kappa shape index (κ3) is 3.44. The van der Waals surface area contributed by atoms with Gasteiger partial charge in [0, 0.05) is 42.1 Å². The Kier molecular flexibility index (Phi) is 5.53. The fraction of sp³-hybridized carbons (Fsp3) is 0.132. The van der Waals surface area contributed by atoms with Crippen molar-refractivity contribution >= 4 is 48.5 Å². The molecule has 0 bridgehead atoms. The second kappa shape index (κ2) is 10.0. The van der Waals surface area contributed by atoms with Crippen LogP contribution in [0.1, 0.15) is 65.4 Å². The van der Waals surface area contributed by atoms with E-state index < -0.39 is 5.41 Å². The molecule has 2 unspecified atom stereocenters. The molecule has 0 fully saturated rings. The smallest absolute Gasteiger partial charge is 0.0726 e. The highest BCUT2D eigenvalue weighted by molar-refractivity contribution is 7.26. The number of hydrogen-bond donors (Lipinski definition) is 0. The van der Waals surface area contributed by atoms with E-state index in [2.05, 4.69) is 183 Å². The molecule has 9 aromatic rings. The topological polar surface area (TPSA) is 4.93 Å². The molecule has 13 rings (SSSR count). The Bertz CT molecular complexity index is 3240. The van der Waals surface area contributed by atoms with E-state index in [9.17, 15) is 0 Å². The summed E-state index contributed by atoms with van der Waals surface area (Å²) in [6, 6.07) is 58.0. The third-order valence-electron chi connectivity index (χ3n) is 14.1. The van der Waals surface area contributed by atoms with Crippen molar-refractivity contribution in [3.05, 3.63) is 202 Å². The minimum absolute atomic E-state index is 0.0416. The quantitative estimate of drug-likeness (QED) is 0.159. The third-order valence-corrected chi connectivity index (χ3v) is 15.3. The van der Waals surface area contributed by atoms with Crippen LogP contribution in [0.2, 0.25) is 0 Å². The molecule has 0 saturated carbocycles. The van der Waals surface area contributed by atoms with Crippen LogP contribution in [0.4, 0.5) is 0 Å². The van der Waals surface area contributed by atoms with Crippen LogP contribution in [0, 0.1) is 0 Å². The fourth-order valence-electron chi connectivity index (χ4n) is 12.0. The van der Waals surface area contributed by atoms with Gasteiger partial charge in [-0.1, -0.05) is 142 Å². The SMILES string of the molecule is CC1(C)C2=Cc3c(c4ccccc4n3-c3ccc4c(c3)C3(c5ccccc5-4)c4ccccc4-c4c3ccc3sc5ccccc5c43)CC2(C)c2ccccc21. The van der Waals surface area contributed by atoms with Crippen molar-refractivity contribution in [2.45, 2.75) is 43.4 Å². The maximum atomic E-state index is 2.59. The van der Waals surface area contributed by atoms with Crippen molar-refractivity contribution in [2.75, 3.05) is 0 Å². The zero-order chi connectivity index (χ0) is 36.4. The van der Waals surface area contributed by atoms with Gasteiger partial charge < -0.3 is 4.57 Å². The first-order valence-corrected chi connectivity index (χ1v) is 20.5. The second-order valence-electron chi connectivity index (χ2n) is 17.0. The number of allylic oxidation sites excluding steroid dienone is 1. The predicted octanol–water partition coefficient (Wildman–Crippen LogP) is 13.5. The Morgan fingerprint density at radius 2 is 1.18 bits per heavy atom. The molecule has 55 heavy (non-hydrogen) atoms. The number of aromatic nitrogens is 1. The Morgan fingerprint density at radius 3 is 2.02 bits per heavy atom. The second-order valence-corrected chi connectivity index (χ2v) is 18.1. The van der Waals surface area contributed by atoms with Gasteiger partial charge in [0.15, 0.2) is 0 Å². The highest BCUT2D eigenvalue weighted by Crippen LogP contribution is 2.65. The standard InChI is InChI=1S/C53H37NS/c1-51(2)40-20-10-11-21-41(40)52(3)30-37-34-15-6-12-22-44(34)54(45(37)29-48(51)52)31-24-25-33-32-14-4-8-18-38(32)53(43(33)28-31)39-19-9-5-16-35(39)49-42(53)26-27-47-50(49)36-17-7-13-23-46(36)55-47/h4-29H,30H2,1-3H3. The van der Waals surface area contributed by atoms with Gasteiger partial charge in [0.05, 0.1) is 16.6 Å². The van der Waals surface area contributed by atoms with Gasteiger partial charge in [-0.2, -0.15) is 0 Å². The van der Waals surface area contributed by atoms with Gasteiger partial charge in [0.25, 0.3) is 0 Å². The molecule has 1 nitrogen and oxygen atoms in total. The number of fused-ring (bicyclic) bond motifs is 20. The van der Waals surface area contributed by atoms with Crippen molar-refractivity contribution in [3.63, 3.8) is 0 Å². The largest absolute Gasteiger partial charge is 0.310 e. The van der Waals surface area contributed by atoms with Gasteiger partial charge in [-0.05, 0) is 110 Å². The number of para-hydroxylation sites is 1. The number of nitrogens with zero attached hydrogens (tertiary/aromatic N) is 1. The summed E-state index contributed by atoms with van der Waals surface area (Å²) in [6.45, 7) is 7.35. The molecule has 4 aliphatic rings. The van der Waals surface area contributed by atoms with Crippen LogP contribution in [-0.2, 0) is 22.7 Å². The molecule has 0 radical (unpaired) electrons. The lowest BCUT2D eigenvalue weighted by Gasteiger charge is -2.36. The van der Waals surface area contributed by atoms with Crippen LogP contribution in [0.3, 0.4) is 0 Å². The van der Waals surface area contributed by atoms with Gasteiger partial charge in [0.2, 0.25) is 0 Å². The molecule has 0 aliphatic heterocycles. The molecular formula is C53H37NS. The summed E-state index contributed by atoms with van der Waals surface area (Å²) in [5.74, 6) is 0. The van der Waals surface area contributed by atoms with E-state index in [4.69, 9.17) is 0 Å². The summed E-state index contributed by atoms with van der Waals surface area (Å²) in [4.78, 5) is 0. The molecule has 0 amide bonds. The van der Waals surface area contributed by atoms with E-state index in [1.165, 1.54) is 109 Å². The van der Waals surface area contributed by atoms with Crippen LogP contribution >= 0.6 is 11.3 Å². The van der Waals surface area contributed by atoms with E-state index in [1.807, 2.05) is 11.3 Å². The minimum atomic E-state index is -0.430. The molecule has 2 heteroatoms. The highest BCUT2D eigenvalue weighted by Gasteiger charge is 2.53. The Balaban J connectivity index is 1.12. The monoisotopic (exact) mass is 719 g/mol. The summed E-state index contributed by atoms with van der Waals surface area (Å²) < 4.78 is 5.29. The lowest BCUT2D eigenvalue weighted by Crippen LogP contribution is -2.31. The lowest BCUT2D eigenvalue weighted by molar-refractivity contribution is 0.508. The van der Waals surface area contributed by atoms with E-state index in [0.29, 0.717) is 0 Å². The van der Waals surface area contributed by atoms with Gasteiger partial charge in [0.1, 0.15) is 0 Å². The zero-order valence-corrected chi connectivity index (χ0v) is 31.9. The summed E-state index contributed by atoms with van der Waals surface area (Å²) >= 11 is 1.91. The molecule has 260 valence electrons. The highest BCUT2D eigenvalue weighted by atomic mass is 32.1. The van der Waals surface area contributed by atoms with E-state index in [-0.39, 0.29) is 10.8 Å². The van der Waals surface area contributed by atoms with Crippen molar-refractivity contribution in [3.8, 4) is 27.9 Å². The first-order chi connectivity index (χ1) is 26.9. The molecular weight excluding hydrogens is 683 g/mol. The van der Waals surface area contributed by atoms with Crippen molar-refractivity contribution in [2.24, 2.45) is 0 Å².